The van der Waals surface area contributed by atoms with Crippen molar-refractivity contribution >= 4 is 5.84 Å². The minimum absolute atomic E-state index is 0.0510. The number of ether oxygens (including phenoxy) is 1. The second kappa shape index (κ2) is 5.39. The highest BCUT2D eigenvalue weighted by Gasteiger charge is 2.30. The van der Waals surface area contributed by atoms with Gasteiger partial charge in [0, 0.05) is 5.69 Å². The van der Waals surface area contributed by atoms with E-state index in [0.29, 0.717) is 5.69 Å². The molecule has 0 aliphatic heterocycles. The Morgan fingerprint density at radius 2 is 1.95 bits per heavy atom. The number of rotatable bonds is 3. The monoisotopic (exact) mass is 296 g/mol. The zero-order valence-electron chi connectivity index (χ0n) is 10.9. The lowest BCUT2D eigenvalue weighted by molar-refractivity contribution is -0.137. The van der Waals surface area contributed by atoms with Crippen LogP contribution < -0.4 is 10.5 Å². The molecular formula is C13H11F3N4O. The van der Waals surface area contributed by atoms with Crippen LogP contribution in [0, 0.1) is 12.3 Å². The standard InChI is InChI=1S/C13H11F3N4O/c1-7-5-10(11(17)18)20-12(19-7)21-9-4-2-3-8(6-9)13(14,15)16/h2-6H,1H3,(H3,17,18). The predicted octanol–water partition coefficient (Wildman–Crippen LogP) is 2.88. The molecule has 0 amide bonds. The maximum atomic E-state index is 12.6. The van der Waals surface area contributed by atoms with Crippen LogP contribution in [0.5, 0.6) is 11.8 Å². The topological polar surface area (TPSA) is 84.9 Å². The number of alkyl halides is 3. The second-order valence-corrected chi connectivity index (χ2v) is 4.22. The van der Waals surface area contributed by atoms with Crippen molar-refractivity contribution in [2.75, 3.05) is 0 Å². The van der Waals surface area contributed by atoms with Gasteiger partial charge in [0.2, 0.25) is 0 Å². The number of nitrogens with two attached hydrogens (primary N) is 1. The highest BCUT2D eigenvalue weighted by atomic mass is 19.4. The predicted molar refractivity (Wildman–Crippen MR) is 69.3 cm³/mol. The van der Waals surface area contributed by atoms with Gasteiger partial charge in [0.1, 0.15) is 17.3 Å². The first-order chi connectivity index (χ1) is 9.75. The highest BCUT2D eigenvalue weighted by Crippen LogP contribution is 2.32. The number of nitrogen functional groups attached to an aromatic ring is 1. The molecule has 0 saturated carbocycles. The lowest BCUT2D eigenvalue weighted by atomic mass is 10.2. The quantitative estimate of drug-likeness (QED) is 0.673. The van der Waals surface area contributed by atoms with Crippen molar-refractivity contribution in [2.45, 2.75) is 13.1 Å². The normalized spacial score (nSPS) is 11.2. The Kier molecular flexibility index (Phi) is 3.79. The van der Waals surface area contributed by atoms with E-state index >= 15 is 0 Å². The molecule has 0 aliphatic carbocycles. The molecule has 0 saturated heterocycles. The average molecular weight is 296 g/mol. The lowest BCUT2D eigenvalue weighted by Gasteiger charge is -2.09. The Bertz CT molecular complexity index is 685. The first-order valence-electron chi connectivity index (χ1n) is 5.81. The van der Waals surface area contributed by atoms with Crippen LogP contribution in [-0.4, -0.2) is 15.8 Å². The van der Waals surface area contributed by atoms with Crippen LogP contribution in [0.2, 0.25) is 0 Å². The number of halogens is 3. The summed E-state index contributed by atoms with van der Waals surface area (Å²) >= 11 is 0. The summed E-state index contributed by atoms with van der Waals surface area (Å²) in [5.41, 5.74) is 5.11. The lowest BCUT2D eigenvalue weighted by Crippen LogP contribution is -2.14. The Morgan fingerprint density at radius 3 is 2.57 bits per heavy atom. The van der Waals surface area contributed by atoms with Gasteiger partial charge in [0.25, 0.3) is 0 Å². The first-order valence-corrected chi connectivity index (χ1v) is 5.81. The summed E-state index contributed by atoms with van der Waals surface area (Å²) in [7, 11) is 0. The van der Waals surface area contributed by atoms with Gasteiger partial charge >= 0.3 is 12.2 Å². The van der Waals surface area contributed by atoms with E-state index < -0.39 is 11.7 Å². The molecule has 0 fully saturated rings. The highest BCUT2D eigenvalue weighted by molar-refractivity contribution is 5.93. The second-order valence-electron chi connectivity index (χ2n) is 4.22. The zero-order chi connectivity index (χ0) is 15.6. The van der Waals surface area contributed by atoms with Gasteiger partial charge in [-0.15, -0.1) is 0 Å². The third-order valence-corrected chi connectivity index (χ3v) is 2.48. The number of aromatic nitrogens is 2. The van der Waals surface area contributed by atoms with Crippen molar-refractivity contribution in [2.24, 2.45) is 5.73 Å². The van der Waals surface area contributed by atoms with Gasteiger partial charge in [-0.25, -0.2) is 4.98 Å². The summed E-state index contributed by atoms with van der Waals surface area (Å²) < 4.78 is 43.0. The summed E-state index contributed by atoms with van der Waals surface area (Å²) in [6.07, 6.45) is -4.46. The molecule has 0 aliphatic rings. The van der Waals surface area contributed by atoms with Crippen LogP contribution in [-0.2, 0) is 6.18 Å². The number of nitrogens with one attached hydrogen (secondary N) is 1. The molecule has 110 valence electrons. The number of benzene rings is 1. The molecule has 1 aromatic heterocycles. The SMILES string of the molecule is Cc1cc(C(=N)N)nc(Oc2cccc(C(F)(F)F)c2)n1. The largest absolute Gasteiger partial charge is 0.424 e. The maximum Gasteiger partial charge on any atom is 0.416 e. The fourth-order valence-corrected chi connectivity index (χ4v) is 1.57. The van der Waals surface area contributed by atoms with Gasteiger partial charge in [-0.2, -0.15) is 18.2 Å². The summed E-state index contributed by atoms with van der Waals surface area (Å²) in [5.74, 6) is -0.334. The van der Waals surface area contributed by atoms with E-state index in [9.17, 15) is 13.2 Å². The van der Waals surface area contributed by atoms with Crippen LogP contribution >= 0.6 is 0 Å². The average Bonchev–Trinajstić information content (AvgIpc) is 2.37. The molecule has 8 heteroatoms. The molecule has 1 heterocycles. The smallest absolute Gasteiger partial charge is 0.416 e. The summed E-state index contributed by atoms with van der Waals surface area (Å²) in [5, 5.41) is 7.31. The van der Waals surface area contributed by atoms with Gasteiger partial charge in [-0.05, 0) is 31.2 Å². The van der Waals surface area contributed by atoms with Gasteiger partial charge in [0.15, 0.2) is 0 Å². The molecule has 5 nitrogen and oxygen atoms in total. The molecule has 0 unspecified atom stereocenters. The van der Waals surface area contributed by atoms with Crippen molar-refractivity contribution in [3.8, 4) is 11.8 Å². The van der Waals surface area contributed by atoms with E-state index in [2.05, 4.69) is 9.97 Å². The summed E-state index contributed by atoms with van der Waals surface area (Å²) in [6, 6.07) is 5.67. The molecule has 2 aromatic rings. The number of aryl methyl sites for hydroxylation is 1. The molecule has 0 radical (unpaired) electrons. The van der Waals surface area contributed by atoms with Crippen molar-refractivity contribution < 1.29 is 17.9 Å². The van der Waals surface area contributed by atoms with E-state index in [1.54, 1.807) is 6.92 Å². The van der Waals surface area contributed by atoms with E-state index in [1.165, 1.54) is 18.2 Å². The van der Waals surface area contributed by atoms with Crippen molar-refractivity contribution in [1.29, 1.82) is 5.41 Å². The molecule has 0 bridgehead atoms. The molecule has 2 rings (SSSR count). The Labute approximate surface area is 118 Å². The van der Waals surface area contributed by atoms with Crippen LogP contribution in [0.4, 0.5) is 13.2 Å². The van der Waals surface area contributed by atoms with Gasteiger partial charge < -0.3 is 10.5 Å². The molecule has 21 heavy (non-hydrogen) atoms. The fourth-order valence-electron chi connectivity index (χ4n) is 1.57. The number of hydrogen-bond donors (Lipinski definition) is 2. The number of amidine groups is 1. The summed E-state index contributed by atoms with van der Waals surface area (Å²) in [4.78, 5) is 7.79. The van der Waals surface area contributed by atoms with Crippen molar-refractivity contribution in [3.63, 3.8) is 0 Å². The van der Waals surface area contributed by atoms with Crippen LogP contribution in [0.15, 0.2) is 30.3 Å². The van der Waals surface area contributed by atoms with E-state index in [1.807, 2.05) is 0 Å². The first kappa shape index (κ1) is 14.8. The molecular weight excluding hydrogens is 285 g/mol. The van der Waals surface area contributed by atoms with E-state index in [-0.39, 0.29) is 23.3 Å². The Morgan fingerprint density at radius 1 is 1.24 bits per heavy atom. The van der Waals surface area contributed by atoms with Crippen molar-refractivity contribution in [3.05, 3.63) is 47.3 Å². The minimum Gasteiger partial charge on any atom is -0.424 e. The van der Waals surface area contributed by atoms with Gasteiger partial charge in [-0.3, -0.25) is 5.41 Å². The molecule has 1 aromatic carbocycles. The Hall–Kier alpha value is -2.64. The third-order valence-electron chi connectivity index (χ3n) is 2.48. The Balaban J connectivity index is 2.32. The molecule has 0 atom stereocenters. The van der Waals surface area contributed by atoms with Gasteiger partial charge in [0.05, 0.1) is 5.56 Å². The van der Waals surface area contributed by atoms with Crippen LogP contribution in [0.1, 0.15) is 17.0 Å². The van der Waals surface area contributed by atoms with Crippen LogP contribution in [0.25, 0.3) is 0 Å². The molecule has 3 N–H and O–H groups in total. The third kappa shape index (κ3) is 3.68. The number of hydrogen-bond acceptors (Lipinski definition) is 4. The zero-order valence-corrected chi connectivity index (χ0v) is 10.9. The minimum atomic E-state index is -4.46. The van der Waals surface area contributed by atoms with Crippen LogP contribution in [0.3, 0.4) is 0 Å². The van der Waals surface area contributed by atoms with Crippen molar-refractivity contribution in [1.82, 2.24) is 9.97 Å². The fraction of sp³-hybridized carbons (Fsp3) is 0.154. The maximum absolute atomic E-state index is 12.6. The number of nitrogens with zero attached hydrogens (tertiary/aromatic N) is 2. The summed E-state index contributed by atoms with van der Waals surface area (Å²) in [6.45, 7) is 1.63. The van der Waals surface area contributed by atoms with E-state index in [0.717, 1.165) is 12.1 Å². The van der Waals surface area contributed by atoms with E-state index in [4.69, 9.17) is 15.9 Å². The van der Waals surface area contributed by atoms with Gasteiger partial charge in [-0.1, -0.05) is 6.07 Å². The molecule has 0 spiro atoms.